The van der Waals surface area contributed by atoms with E-state index in [1.807, 2.05) is 42.5 Å². The number of nitrogens with one attached hydrogen (secondary N) is 2. The highest BCUT2D eigenvalue weighted by molar-refractivity contribution is 5.89. The molecule has 23 heavy (non-hydrogen) atoms. The van der Waals surface area contributed by atoms with Gasteiger partial charge in [0.25, 0.3) is 0 Å². The molecule has 1 atom stereocenters. The second-order valence-electron chi connectivity index (χ2n) is 5.59. The number of rotatable bonds is 4. The molecule has 5 nitrogen and oxygen atoms in total. The van der Waals surface area contributed by atoms with Crippen molar-refractivity contribution in [2.24, 2.45) is 0 Å². The molecule has 0 saturated carbocycles. The number of urea groups is 1. The number of para-hydroxylation sites is 1. The predicted molar refractivity (Wildman–Crippen MR) is 92.2 cm³/mol. The molecular weight excluding hydrogens is 290 g/mol. The maximum Gasteiger partial charge on any atom is 0.319 e. The highest BCUT2D eigenvalue weighted by atomic mass is 16.5. The molecule has 1 aliphatic heterocycles. The van der Waals surface area contributed by atoms with E-state index in [-0.39, 0.29) is 12.1 Å². The van der Waals surface area contributed by atoms with Crippen LogP contribution < -0.4 is 20.3 Å². The average Bonchev–Trinajstić information content (AvgIpc) is 3.04. The lowest BCUT2D eigenvalue weighted by atomic mass is 10.2. The number of carbonyl (C=O) groups excluding carboxylic acids is 1. The Hall–Kier alpha value is -2.69. The first-order valence-corrected chi connectivity index (χ1v) is 7.76. The van der Waals surface area contributed by atoms with Crippen molar-refractivity contribution in [3.05, 3.63) is 54.6 Å². The second-order valence-corrected chi connectivity index (χ2v) is 5.59. The molecule has 1 heterocycles. The number of anilines is 2. The molecule has 1 aliphatic rings. The Balaban J connectivity index is 1.50. The number of methoxy groups -OCH3 is 1. The first-order chi connectivity index (χ1) is 11.2. The fraction of sp³-hybridized carbons (Fsp3) is 0.278. The van der Waals surface area contributed by atoms with E-state index in [0.29, 0.717) is 0 Å². The largest absolute Gasteiger partial charge is 0.497 e. The Morgan fingerprint density at radius 2 is 1.87 bits per heavy atom. The summed E-state index contributed by atoms with van der Waals surface area (Å²) in [6.45, 7) is 1.79. The van der Waals surface area contributed by atoms with E-state index >= 15 is 0 Å². The van der Waals surface area contributed by atoms with Gasteiger partial charge in [0.05, 0.1) is 7.11 Å². The fourth-order valence-electron chi connectivity index (χ4n) is 2.78. The normalized spacial score (nSPS) is 16.9. The van der Waals surface area contributed by atoms with Crippen molar-refractivity contribution in [3.63, 3.8) is 0 Å². The summed E-state index contributed by atoms with van der Waals surface area (Å²) in [4.78, 5) is 14.4. The Morgan fingerprint density at radius 3 is 2.57 bits per heavy atom. The molecule has 0 bridgehead atoms. The third-order valence-electron chi connectivity index (χ3n) is 3.99. The summed E-state index contributed by atoms with van der Waals surface area (Å²) in [6, 6.07) is 17.6. The number of hydrogen-bond donors (Lipinski definition) is 2. The van der Waals surface area contributed by atoms with Crippen molar-refractivity contribution in [1.29, 1.82) is 0 Å². The van der Waals surface area contributed by atoms with Crippen molar-refractivity contribution >= 4 is 17.4 Å². The third-order valence-corrected chi connectivity index (χ3v) is 3.99. The standard InChI is InChI=1S/C18H21N3O2/c1-23-17-9-7-14(8-10-17)19-18(22)20-15-11-12-21(13-15)16-5-3-2-4-6-16/h2-10,15H,11-13H2,1H3,(H2,19,20,22)/t15-/m0/s1. The topological polar surface area (TPSA) is 53.6 Å². The van der Waals surface area contributed by atoms with E-state index in [4.69, 9.17) is 4.74 Å². The van der Waals surface area contributed by atoms with Gasteiger partial charge < -0.3 is 20.3 Å². The molecule has 0 radical (unpaired) electrons. The lowest BCUT2D eigenvalue weighted by Crippen LogP contribution is -2.39. The molecule has 0 spiro atoms. The van der Waals surface area contributed by atoms with Gasteiger partial charge in [-0.3, -0.25) is 0 Å². The SMILES string of the molecule is COc1ccc(NC(=O)N[C@H]2CCN(c3ccccc3)C2)cc1. The summed E-state index contributed by atoms with van der Waals surface area (Å²) < 4.78 is 5.10. The van der Waals surface area contributed by atoms with Gasteiger partial charge in [-0.25, -0.2) is 4.79 Å². The number of ether oxygens (including phenoxy) is 1. The Morgan fingerprint density at radius 1 is 1.13 bits per heavy atom. The van der Waals surface area contributed by atoms with Crippen molar-refractivity contribution in [2.45, 2.75) is 12.5 Å². The van der Waals surface area contributed by atoms with E-state index in [9.17, 15) is 4.79 Å². The monoisotopic (exact) mass is 311 g/mol. The molecule has 120 valence electrons. The number of amides is 2. The summed E-state index contributed by atoms with van der Waals surface area (Å²) in [5.74, 6) is 0.769. The fourth-order valence-corrected chi connectivity index (χ4v) is 2.78. The maximum atomic E-state index is 12.1. The van der Waals surface area contributed by atoms with Gasteiger partial charge in [0.2, 0.25) is 0 Å². The van der Waals surface area contributed by atoms with E-state index in [1.54, 1.807) is 7.11 Å². The van der Waals surface area contributed by atoms with Crippen molar-refractivity contribution in [1.82, 2.24) is 5.32 Å². The van der Waals surface area contributed by atoms with Gasteiger partial charge in [-0.15, -0.1) is 0 Å². The van der Waals surface area contributed by atoms with Crippen LogP contribution in [0.3, 0.4) is 0 Å². The van der Waals surface area contributed by atoms with E-state index in [2.05, 4.69) is 27.7 Å². The molecule has 2 aromatic rings. The van der Waals surface area contributed by atoms with Gasteiger partial charge in [-0.05, 0) is 42.8 Å². The molecule has 2 N–H and O–H groups in total. The number of carbonyl (C=O) groups is 1. The lowest BCUT2D eigenvalue weighted by Gasteiger charge is -2.19. The van der Waals surface area contributed by atoms with Crippen LogP contribution in [0.1, 0.15) is 6.42 Å². The maximum absolute atomic E-state index is 12.1. The molecule has 3 rings (SSSR count). The van der Waals surface area contributed by atoms with Crippen LogP contribution in [0.4, 0.5) is 16.2 Å². The summed E-state index contributed by atoms with van der Waals surface area (Å²) in [7, 11) is 1.62. The summed E-state index contributed by atoms with van der Waals surface area (Å²) in [5.41, 5.74) is 1.95. The van der Waals surface area contributed by atoms with Crippen LogP contribution in [0.25, 0.3) is 0 Å². The first-order valence-electron chi connectivity index (χ1n) is 7.76. The minimum atomic E-state index is -0.171. The van der Waals surface area contributed by atoms with Crippen LogP contribution >= 0.6 is 0 Å². The summed E-state index contributed by atoms with van der Waals surface area (Å²) in [6.07, 6.45) is 0.949. The molecule has 1 saturated heterocycles. The van der Waals surface area contributed by atoms with Crippen LogP contribution in [0.5, 0.6) is 5.75 Å². The highest BCUT2D eigenvalue weighted by Gasteiger charge is 2.23. The summed E-state index contributed by atoms with van der Waals surface area (Å²) >= 11 is 0. The predicted octanol–water partition coefficient (Wildman–Crippen LogP) is 3.10. The molecule has 0 aromatic heterocycles. The van der Waals surface area contributed by atoms with Crippen LogP contribution in [-0.2, 0) is 0 Å². The third kappa shape index (κ3) is 3.94. The van der Waals surface area contributed by atoms with Crippen LogP contribution in [0.2, 0.25) is 0 Å². The molecule has 0 unspecified atom stereocenters. The zero-order valence-corrected chi connectivity index (χ0v) is 13.2. The zero-order chi connectivity index (χ0) is 16.1. The van der Waals surface area contributed by atoms with Crippen molar-refractivity contribution < 1.29 is 9.53 Å². The van der Waals surface area contributed by atoms with Gasteiger partial charge in [0.1, 0.15) is 5.75 Å². The molecule has 0 aliphatic carbocycles. The average molecular weight is 311 g/mol. The molecule has 1 fully saturated rings. The minimum absolute atomic E-state index is 0.161. The van der Waals surface area contributed by atoms with E-state index in [0.717, 1.165) is 30.9 Å². The van der Waals surface area contributed by atoms with Crippen molar-refractivity contribution in [2.75, 3.05) is 30.4 Å². The number of hydrogen-bond acceptors (Lipinski definition) is 3. The van der Waals surface area contributed by atoms with Gasteiger partial charge in [-0.2, -0.15) is 0 Å². The van der Waals surface area contributed by atoms with Gasteiger partial charge >= 0.3 is 6.03 Å². The zero-order valence-electron chi connectivity index (χ0n) is 13.2. The second kappa shape index (κ2) is 7.05. The number of nitrogens with zero attached hydrogens (tertiary/aromatic N) is 1. The summed E-state index contributed by atoms with van der Waals surface area (Å²) in [5, 5.41) is 5.88. The van der Waals surface area contributed by atoms with E-state index in [1.165, 1.54) is 5.69 Å². The van der Waals surface area contributed by atoms with Gasteiger partial charge in [0, 0.05) is 30.5 Å². The highest BCUT2D eigenvalue weighted by Crippen LogP contribution is 2.20. The van der Waals surface area contributed by atoms with Gasteiger partial charge in [-0.1, -0.05) is 18.2 Å². The lowest BCUT2D eigenvalue weighted by molar-refractivity contribution is 0.249. The first kappa shape index (κ1) is 15.2. The van der Waals surface area contributed by atoms with E-state index < -0.39 is 0 Å². The van der Waals surface area contributed by atoms with Crippen LogP contribution in [0, 0.1) is 0 Å². The Labute approximate surface area is 136 Å². The molecular formula is C18H21N3O2. The quantitative estimate of drug-likeness (QED) is 0.912. The van der Waals surface area contributed by atoms with Crippen LogP contribution in [-0.4, -0.2) is 32.3 Å². The Kier molecular flexibility index (Phi) is 4.66. The van der Waals surface area contributed by atoms with Crippen LogP contribution in [0.15, 0.2) is 54.6 Å². The Bertz CT molecular complexity index is 643. The minimum Gasteiger partial charge on any atom is -0.497 e. The molecule has 5 heteroatoms. The van der Waals surface area contributed by atoms with Crippen molar-refractivity contribution in [3.8, 4) is 5.75 Å². The smallest absolute Gasteiger partial charge is 0.319 e. The van der Waals surface area contributed by atoms with Gasteiger partial charge in [0.15, 0.2) is 0 Å². The molecule has 2 amide bonds. The molecule has 2 aromatic carbocycles. The number of benzene rings is 2.